The molecule has 4 atom stereocenters. The zero-order chi connectivity index (χ0) is 12.0. The van der Waals surface area contributed by atoms with Gasteiger partial charge >= 0.3 is 6.09 Å². The first-order valence-electron chi connectivity index (χ1n) is 6.48. The molecule has 3 bridgehead atoms. The monoisotopic (exact) mass is 234 g/mol. The number of piperidine rings is 2. The summed E-state index contributed by atoms with van der Waals surface area (Å²) in [6.07, 6.45) is 5.91. The molecule has 3 rings (SSSR count). The van der Waals surface area contributed by atoms with Crippen molar-refractivity contribution in [2.45, 2.75) is 50.6 Å². The second kappa shape index (κ2) is 3.63. The molecule has 0 aromatic carbocycles. The summed E-state index contributed by atoms with van der Waals surface area (Å²) in [5.74, 6) is 0.715. The normalized spacial score (nSPS) is 43.1. The van der Waals surface area contributed by atoms with E-state index >= 15 is 0 Å². The highest BCUT2D eigenvalue weighted by Gasteiger charge is 2.56. The van der Waals surface area contributed by atoms with Crippen LogP contribution < -0.4 is 0 Å². The van der Waals surface area contributed by atoms with Crippen molar-refractivity contribution < 1.29 is 9.53 Å². The fourth-order valence-corrected chi connectivity index (χ4v) is 4.17. The fourth-order valence-electron chi connectivity index (χ4n) is 4.17. The van der Waals surface area contributed by atoms with Crippen molar-refractivity contribution >= 4 is 6.09 Å². The minimum Gasteiger partial charge on any atom is -0.453 e. The Morgan fingerprint density at radius 1 is 1.41 bits per heavy atom. The van der Waals surface area contributed by atoms with E-state index in [1.165, 1.54) is 7.11 Å². The van der Waals surface area contributed by atoms with E-state index in [9.17, 15) is 10.1 Å². The van der Waals surface area contributed by atoms with Crippen LogP contribution >= 0.6 is 0 Å². The molecular weight excluding hydrogens is 216 g/mol. The first kappa shape index (κ1) is 10.9. The Morgan fingerprint density at radius 2 is 2.18 bits per heavy atom. The summed E-state index contributed by atoms with van der Waals surface area (Å²) in [5.41, 5.74) is -0.290. The van der Waals surface area contributed by atoms with Crippen LogP contribution in [0.4, 0.5) is 4.79 Å². The molecule has 1 saturated carbocycles. The molecule has 0 aromatic rings. The molecule has 1 aliphatic carbocycles. The summed E-state index contributed by atoms with van der Waals surface area (Å²) in [7, 11) is 1.43. The number of hydrogen-bond acceptors (Lipinski definition) is 3. The predicted octanol–water partition coefficient (Wildman–Crippen LogP) is 2.30. The molecule has 2 saturated heterocycles. The van der Waals surface area contributed by atoms with Gasteiger partial charge in [-0.15, -0.1) is 0 Å². The van der Waals surface area contributed by atoms with E-state index in [0.29, 0.717) is 12.0 Å². The second-order valence-electron chi connectivity index (χ2n) is 5.73. The molecule has 2 heterocycles. The SMILES string of the molecule is COC(=O)N1C2CCC3(C#N)CCC(C2)CC13. The van der Waals surface area contributed by atoms with Gasteiger partial charge in [-0.25, -0.2) is 4.79 Å². The summed E-state index contributed by atoms with van der Waals surface area (Å²) >= 11 is 0. The summed E-state index contributed by atoms with van der Waals surface area (Å²) in [6.45, 7) is 0. The molecule has 4 nitrogen and oxygen atoms in total. The molecule has 0 radical (unpaired) electrons. The van der Waals surface area contributed by atoms with Crippen LogP contribution in [-0.4, -0.2) is 30.2 Å². The third-order valence-electron chi connectivity index (χ3n) is 5.06. The van der Waals surface area contributed by atoms with Crippen molar-refractivity contribution in [1.29, 1.82) is 5.26 Å². The highest BCUT2D eigenvalue weighted by molar-refractivity contribution is 5.69. The van der Waals surface area contributed by atoms with Crippen molar-refractivity contribution in [2.24, 2.45) is 11.3 Å². The third kappa shape index (κ3) is 1.38. The zero-order valence-corrected chi connectivity index (χ0v) is 10.2. The minimum absolute atomic E-state index is 0.103. The second-order valence-corrected chi connectivity index (χ2v) is 5.73. The highest BCUT2D eigenvalue weighted by atomic mass is 16.5. The summed E-state index contributed by atoms with van der Waals surface area (Å²) < 4.78 is 4.90. The number of methoxy groups -OCH3 is 1. The van der Waals surface area contributed by atoms with Crippen LogP contribution in [0.1, 0.15) is 38.5 Å². The number of hydrogen-bond donors (Lipinski definition) is 0. The smallest absolute Gasteiger partial charge is 0.410 e. The number of amides is 1. The number of fused-ring (bicyclic) bond motifs is 2. The summed E-state index contributed by atoms with van der Waals surface area (Å²) in [6, 6.07) is 2.94. The zero-order valence-electron chi connectivity index (χ0n) is 10.2. The average Bonchev–Trinajstić information content (AvgIpc) is 2.36. The topological polar surface area (TPSA) is 53.3 Å². The Labute approximate surface area is 102 Å². The largest absolute Gasteiger partial charge is 0.453 e. The maximum Gasteiger partial charge on any atom is 0.410 e. The van der Waals surface area contributed by atoms with Gasteiger partial charge in [-0.3, -0.25) is 0 Å². The quantitative estimate of drug-likeness (QED) is 0.646. The first-order valence-corrected chi connectivity index (χ1v) is 6.48. The average molecular weight is 234 g/mol. The maximum absolute atomic E-state index is 11.9. The van der Waals surface area contributed by atoms with Crippen LogP contribution in [0.5, 0.6) is 0 Å². The molecular formula is C13H18N2O2. The van der Waals surface area contributed by atoms with Gasteiger partial charge in [0, 0.05) is 6.04 Å². The Bertz CT molecular complexity index is 385. The van der Waals surface area contributed by atoms with Gasteiger partial charge < -0.3 is 9.64 Å². The van der Waals surface area contributed by atoms with Crippen LogP contribution in [0.3, 0.4) is 0 Å². The Hall–Kier alpha value is -1.24. The van der Waals surface area contributed by atoms with Crippen LogP contribution in [0.15, 0.2) is 0 Å². The lowest BCUT2D eigenvalue weighted by atomic mass is 9.57. The number of nitrogens with zero attached hydrogens (tertiary/aromatic N) is 2. The standard InChI is InChI=1S/C13H18N2O2/c1-17-12(16)15-10-3-5-13(8-14)4-2-9(6-10)7-11(13)15/h9-11H,2-7H2,1H3. The number of nitriles is 1. The highest BCUT2D eigenvalue weighted by Crippen LogP contribution is 2.54. The molecule has 0 aromatic heterocycles. The van der Waals surface area contributed by atoms with E-state index in [0.717, 1.165) is 38.5 Å². The summed E-state index contributed by atoms with van der Waals surface area (Å²) in [5, 5.41) is 9.52. The van der Waals surface area contributed by atoms with E-state index in [-0.39, 0.29) is 17.6 Å². The van der Waals surface area contributed by atoms with Crippen LogP contribution in [0.25, 0.3) is 0 Å². The molecule has 3 fully saturated rings. The number of rotatable bonds is 0. The predicted molar refractivity (Wildman–Crippen MR) is 61.1 cm³/mol. The van der Waals surface area contributed by atoms with Gasteiger partial charge in [-0.1, -0.05) is 0 Å². The molecule has 1 amide bonds. The Morgan fingerprint density at radius 3 is 2.88 bits per heavy atom. The number of carbonyl (C=O) groups excluding carboxylic acids is 1. The Kier molecular flexibility index (Phi) is 2.32. The molecule has 4 unspecified atom stereocenters. The van der Waals surface area contributed by atoms with Crippen molar-refractivity contribution in [3.05, 3.63) is 0 Å². The van der Waals surface area contributed by atoms with Crippen LogP contribution in [0.2, 0.25) is 0 Å². The van der Waals surface area contributed by atoms with Gasteiger partial charge in [0.2, 0.25) is 0 Å². The number of carbonyl (C=O) groups is 1. The van der Waals surface area contributed by atoms with Crippen molar-refractivity contribution in [3.8, 4) is 6.07 Å². The molecule has 92 valence electrons. The third-order valence-corrected chi connectivity index (χ3v) is 5.06. The molecule has 0 N–H and O–H groups in total. The van der Waals surface area contributed by atoms with Gasteiger partial charge in [0.1, 0.15) is 0 Å². The first-order chi connectivity index (χ1) is 8.20. The van der Waals surface area contributed by atoms with E-state index in [2.05, 4.69) is 6.07 Å². The van der Waals surface area contributed by atoms with Crippen molar-refractivity contribution in [3.63, 3.8) is 0 Å². The van der Waals surface area contributed by atoms with E-state index < -0.39 is 0 Å². The van der Waals surface area contributed by atoms with Gasteiger partial charge in [-0.2, -0.15) is 5.26 Å². The Balaban J connectivity index is 1.98. The molecule has 0 spiro atoms. The van der Waals surface area contributed by atoms with Gasteiger partial charge in [0.05, 0.1) is 24.6 Å². The van der Waals surface area contributed by atoms with Gasteiger partial charge in [0.15, 0.2) is 0 Å². The lowest BCUT2D eigenvalue weighted by Gasteiger charge is -2.58. The lowest BCUT2D eigenvalue weighted by molar-refractivity contribution is -0.0696. The van der Waals surface area contributed by atoms with Crippen molar-refractivity contribution in [1.82, 2.24) is 4.90 Å². The van der Waals surface area contributed by atoms with E-state index in [1.54, 1.807) is 0 Å². The molecule has 17 heavy (non-hydrogen) atoms. The fraction of sp³-hybridized carbons (Fsp3) is 0.846. The van der Waals surface area contributed by atoms with E-state index in [4.69, 9.17) is 4.74 Å². The summed E-state index contributed by atoms with van der Waals surface area (Å²) in [4.78, 5) is 13.8. The van der Waals surface area contributed by atoms with Crippen molar-refractivity contribution in [2.75, 3.05) is 7.11 Å². The minimum atomic E-state index is -0.290. The van der Waals surface area contributed by atoms with Crippen LogP contribution in [-0.2, 0) is 4.74 Å². The maximum atomic E-state index is 11.9. The number of ether oxygens (including phenoxy) is 1. The van der Waals surface area contributed by atoms with Crippen LogP contribution in [0, 0.1) is 22.7 Å². The molecule has 4 heteroatoms. The lowest BCUT2D eigenvalue weighted by Crippen LogP contribution is -2.64. The van der Waals surface area contributed by atoms with Gasteiger partial charge in [0.25, 0.3) is 0 Å². The molecule has 2 aliphatic heterocycles. The van der Waals surface area contributed by atoms with Gasteiger partial charge in [-0.05, 0) is 44.4 Å². The molecule has 3 aliphatic rings. The van der Waals surface area contributed by atoms with E-state index in [1.807, 2.05) is 4.90 Å².